The first-order valence-electron chi connectivity index (χ1n) is 9.87. The van der Waals surface area contributed by atoms with E-state index >= 15 is 0 Å². The van der Waals surface area contributed by atoms with E-state index in [9.17, 15) is 9.90 Å². The molecule has 1 N–H and O–H groups in total. The largest absolute Gasteiger partial charge is 0.468 e. The Hall–Kier alpha value is -2.95. The van der Waals surface area contributed by atoms with Crippen molar-refractivity contribution in [2.75, 3.05) is 13.7 Å². The fourth-order valence-electron chi connectivity index (χ4n) is 4.58. The molecule has 0 aliphatic carbocycles. The molecule has 0 aromatic heterocycles. The summed E-state index contributed by atoms with van der Waals surface area (Å²) in [7, 11) is 1.40. The molecule has 29 heavy (non-hydrogen) atoms. The van der Waals surface area contributed by atoms with Crippen molar-refractivity contribution in [3.8, 4) is 0 Å². The van der Waals surface area contributed by atoms with Gasteiger partial charge in [0.25, 0.3) is 0 Å². The van der Waals surface area contributed by atoms with Crippen molar-refractivity contribution in [2.45, 2.75) is 24.1 Å². The highest BCUT2D eigenvalue weighted by molar-refractivity contribution is 5.77. The maximum atomic E-state index is 12.7. The second-order valence-corrected chi connectivity index (χ2v) is 7.39. The number of hydrogen-bond donors (Lipinski definition) is 1. The van der Waals surface area contributed by atoms with E-state index < -0.39 is 17.7 Å². The minimum atomic E-state index is -0.736. The minimum Gasteiger partial charge on any atom is -0.468 e. The van der Waals surface area contributed by atoms with Crippen LogP contribution in [0.15, 0.2) is 91.0 Å². The molecule has 148 valence electrons. The van der Waals surface area contributed by atoms with Crippen LogP contribution in [0.25, 0.3) is 0 Å². The zero-order chi connectivity index (χ0) is 20.3. The zero-order valence-electron chi connectivity index (χ0n) is 16.4. The number of rotatable bonds is 5. The van der Waals surface area contributed by atoms with Crippen LogP contribution in [0.1, 0.15) is 23.1 Å². The molecule has 0 bridgehead atoms. The Balaban J connectivity index is 2.04. The standard InChI is InChI=1S/C25H25NO3/c1-29-24(28)23-17-22(27)18-26(23)25(19-11-5-2-6-12-19,20-13-7-3-8-14-20)21-15-9-4-10-16-21/h2-16,22-23,27H,17-18H2,1H3/t22-,23+/m0/s1. The van der Waals surface area contributed by atoms with Crippen LogP contribution in [0.2, 0.25) is 0 Å². The van der Waals surface area contributed by atoms with Gasteiger partial charge in [-0.1, -0.05) is 91.0 Å². The summed E-state index contributed by atoms with van der Waals surface area (Å²) in [5, 5.41) is 10.6. The van der Waals surface area contributed by atoms with Crippen molar-refractivity contribution in [3.63, 3.8) is 0 Å². The lowest BCUT2D eigenvalue weighted by molar-refractivity contribution is -0.147. The summed E-state index contributed by atoms with van der Waals surface area (Å²) in [6.45, 7) is 0.373. The number of carbonyl (C=O) groups is 1. The SMILES string of the molecule is COC(=O)[C@H]1C[C@H](O)CN1C(c1ccccc1)(c1ccccc1)c1ccccc1. The molecule has 3 aromatic rings. The van der Waals surface area contributed by atoms with Gasteiger partial charge in [0, 0.05) is 13.0 Å². The van der Waals surface area contributed by atoms with Gasteiger partial charge >= 0.3 is 5.97 Å². The van der Waals surface area contributed by atoms with Gasteiger partial charge in [-0.2, -0.15) is 0 Å². The van der Waals surface area contributed by atoms with Crippen LogP contribution < -0.4 is 0 Å². The molecule has 0 unspecified atom stereocenters. The number of aliphatic hydroxyl groups excluding tert-OH is 1. The molecule has 1 saturated heterocycles. The molecule has 1 fully saturated rings. The van der Waals surface area contributed by atoms with Crippen molar-refractivity contribution in [3.05, 3.63) is 108 Å². The van der Waals surface area contributed by atoms with Gasteiger partial charge in [0.15, 0.2) is 0 Å². The number of methoxy groups -OCH3 is 1. The van der Waals surface area contributed by atoms with Crippen LogP contribution in [0, 0.1) is 0 Å². The Morgan fingerprint density at radius 2 is 1.28 bits per heavy atom. The quantitative estimate of drug-likeness (QED) is 0.537. The molecule has 4 rings (SSSR count). The maximum absolute atomic E-state index is 12.7. The summed E-state index contributed by atoms with van der Waals surface area (Å²) in [4.78, 5) is 14.8. The van der Waals surface area contributed by atoms with E-state index in [2.05, 4.69) is 41.3 Å². The lowest BCUT2D eigenvalue weighted by Crippen LogP contribution is -2.53. The number of nitrogens with zero attached hydrogens (tertiary/aromatic N) is 1. The average Bonchev–Trinajstić information content (AvgIpc) is 3.18. The molecule has 1 aliphatic rings. The van der Waals surface area contributed by atoms with E-state index in [0.29, 0.717) is 13.0 Å². The Morgan fingerprint density at radius 3 is 1.66 bits per heavy atom. The molecular formula is C25H25NO3. The molecule has 3 aromatic carbocycles. The van der Waals surface area contributed by atoms with Gasteiger partial charge in [-0.3, -0.25) is 9.69 Å². The summed E-state index contributed by atoms with van der Waals surface area (Å²) in [5.74, 6) is -0.325. The molecule has 4 nitrogen and oxygen atoms in total. The summed E-state index contributed by atoms with van der Waals surface area (Å²) in [6.07, 6.45) is -0.254. The lowest BCUT2D eigenvalue weighted by Gasteiger charge is -2.45. The van der Waals surface area contributed by atoms with Gasteiger partial charge in [-0.05, 0) is 16.7 Å². The normalized spacial score (nSPS) is 19.8. The van der Waals surface area contributed by atoms with Crippen LogP contribution in [-0.4, -0.2) is 41.8 Å². The Bertz CT molecular complexity index is 847. The van der Waals surface area contributed by atoms with Gasteiger partial charge in [-0.25, -0.2) is 0 Å². The molecule has 1 heterocycles. The van der Waals surface area contributed by atoms with E-state index in [1.54, 1.807) is 0 Å². The van der Waals surface area contributed by atoms with Crippen LogP contribution in [0.5, 0.6) is 0 Å². The highest BCUT2D eigenvalue weighted by atomic mass is 16.5. The van der Waals surface area contributed by atoms with Crippen molar-refractivity contribution in [1.29, 1.82) is 0 Å². The number of esters is 1. The summed E-state index contributed by atoms with van der Waals surface area (Å²) < 4.78 is 5.12. The maximum Gasteiger partial charge on any atom is 0.323 e. The minimum absolute atomic E-state index is 0.325. The third kappa shape index (κ3) is 3.35. The monoisotopic (exact) mass is 387 g/mol. The third-order valence-corrected chi connectivity index (χ3v) is 5.76. The molecule has 0 amide bonds. The Labute approximate surface area is 171 Å². The van der Waals surface area contributed by atoms with Gasteiger partial charge in [0.2, 0.25) is 0 Å². The number of likely N-dealkylation sites (tertiary alicyclic amines) is 1. The van der Waals surface area contributed by atoms with Gasteiger partial charge < -0.3 is 9.84 Å². The molecule has 0 saturated carbocycles. The molecular weight excluding hydrogens is 362 g/mol. The number of carbonyl (C=O) groups excluding carboxylic acids is 1. The average molecular weight is 387 g/mol. The van der Waals surface area contributed by atoms with E-state index in [0.717, 1.165) is 16.7 Å². The molecule has 0 spiro atoms. The summed E-state index contributed by atoms with van der Waals surface area (Å²) >= 11 is 0. The first-order chi connectivity index (χ1) is 14.2. The summed E-state index contributed by atoms with van der Waals surface area (Å²) in [6, 6.07) is 30.0. The molecule has 2 atom stereocenters. The van der Waals surface area contributed by atoms with Crippen LogP contribution >= 0.6 is 0 Å². The van der Waals surface area contributed by atoms with Crippen molar-refractivity contribution in [2.24, 2.45) is 0 Å². The number of β-amino-alcohol motifs (C(OH)–C–C–N with tert-alkyl or cyclic N) is 1. The molecule has 4 heteroatoms. The highest BCUT2D eigenvalue weighted by Gasteiger charge is 2.51. The molecule has 1 aliphatic heterocycles. The Morgan fingerprint density at radius 1 is 0.862 bits per heavy atom. The number of ether oxygens (including phenoxy) is 1. The van der Waals surface area contributed by atoms with Crippen molar-refractivity contribution in [1.82, 2.24) is 4.90 Å². The smallest absolute Gasteiger partial charge is 0.323 e. The topological polar surface area (TPSA) is 49.8 Å². The number of hydrogen-bond acceptors (Lipinski definition) is 4. The third-order valence-electron chi connectivity index (χ3n) is 5.76. The predicted molar refractivity (Wildman–Crippen MR) is 112 cm³/mol. The van der Waals surface area contributed by atoms with E-state index in [1.165, 1.54) is 7.11 Å². The van der Waals surface area contributed by atoms with Crippen molar-refractivity contribution < 1.29 is 14.6 Å². The highest BCUT2D eigenvalue weighted by Crippen LogP contribution is 2.46. The van der Waals surface area contributed by atoms with Crippen LogP contribution in [0.4, 0.5) is 0 Å². The first kappa shape index (κ1) is 19.4. The zero-order valence-corrected chi connectivity index (χ0v) is 16.4. The van der Waals surface area contributed by atoms with E-state index in [-0.39, 0.29) is 5.97 Å². The second-order valence-electron chi connectivity index (χ2n) is 7.39. The number of aliphatic hydroxyl groups is 1. The van der Waals surface area contributed by atoms with Crippen LogP contribution in [0.3, 0.4) is 0 Å². The lowest BCUT2D eigenvalue weighted by atomic mass is 9.75. The second kappa shape index (κ2) is 8.19. The fraction of sp³-hybridized carbons (Fsp3) is 0.240. The molecule has 0 radical (unpaired) electrons. The predicted octanol–water partition coefficient (Wildman–Crippen LogP) is 3.59. The van der Waals surface area contributed by atoms with Crippen molar-refractivity contribution >= 4 is 5.97 Å². The van der Waals surface area contributed by atoms with Gasteiger partial charge in [0.05, 0.1) is 18.8 Å². The van der Waals surface area contributed by atoms with E-state index in [4.69, 9.17) is 4.74 Å². The number of benzene rings is 3. The van der Waals surface area contributed by atoms with Gasteiger partial charge in [-0.15, -0.1) is 0 Å². The summed E-state index contributed by atoms with van der Waals surface area (Å²) in [5.41, 5.74) is 2.39. The fourth-order valence-corrected chi connectivity index (χ4v) is 4.58. The Kier molecular flexibility index (Phi) is 5.47. The first-order valence-corrected chi connectivity index (χ1v) is 9.87. The van der Waals surface area contributed by atoms with Crippen LogP contribution in [-0.2, 0) is 15.1 Å². The van der Waals surface area contributed by atoms with E-state index in [1.807, 2.05) is 54.6 Å². The van der Waals surface area contributed by atoms with Gasteiger partial charge in [0.1, 0.15) is 6.04 Å².